The maximum absolute atomic E-state index is 14.7. The second-order valence-electron chi connectivity index (χ2n) is 12.0. The van der Waals surface area contributed by atoms with Crippen molar-refractivity contribution in [1.82, 2.24) is 10.2 Å². The monoisotopic (exact) mass is 765 g/mol. The molecule has 1 atom stereocenters. The summed E-state index contributed by atoms with van der Waals surface area (Å²) in [5.41, 5.74) is 1.85. The topological polar surface area (TPSA) is 114 Å². The third-order valence-corrected chi connectivity index (χ3v) is 10.1. The van der Waals surface area contributed by atoms with E-state index >= 15 is 0 Å². The first-order valence-corrected chi connectivity index (χ1v) is 18.5. The number of anilines is 1. The van der Waals surface area contributed by atoms with Gasteiger partial charge in [0.15, 0.2) is 11.5 Å². The zero-order valence-electron chi connectivity index (χ0n) is 29.0. The van der Waals surface area contributed by atoms with Gasteiger partial charge in [0.05, 0.1) is 31.4 Å². The van der Waals surface area contributed by atoms with Crippen molar-refractivity contribution in [1.29, 1.82) is 0 Å². The van der Waals surface area contributed by atoms with E-state index in [1.54, 1.807) is 24.3 Å². The van der Waals surface area contributed by atoms with Gasteiger partial charge < -0.3 is 24.4 Å². The van der Waals surface area contributed by atoms with Crippen LogP contribution in [-0.2, 0) is 32.6 Å². The zero-order valence-corrected chi connectivity index (χ0v) is 31.4. The predicted octanol–water partition coefficient (Wildman–Crippen LogP) is 6.47. The van der Waals surface area contributed by atoms with Gasteiger partial charge in [0.1, 0.15) is 18.3 Å². The van der Waals surface area contributed by atoms with Crippen LogP contribution in [0.25, 0.3) is 0 Å². The lowest BCUT2D eigenvalue weighted by Crippen LogP contribution is -2.53. The molecule has 266 valence electrons. The van der Waals surface area contributed by atoms with Crippen molar-refractivity contribution >= 4 is 43.5 Å². The van der Waals surface area contributed by atoms with Gasteiger partial charge in [-0.05, 0) is 72.5 Å². The minimum absolute atomic E-state index is 0.0540. The molecule has 0 aliphatic rings. The number of benzene rings is 4. The van der Waals surface area contributed by atoms with E-state index in [1.165, 1.54) is 37.3 Å². The SMILES string of the molecule is CCOc1ccc(N(CC(=O)N(Cc2cccc(Br)c2)[C@@H](Cc2ccccc2)C(=O)NCC(C)C)S(=O)(=O)c2ccc(OC)c(OC)c2)cc1. The Morgan fingerprint density at radius 1 is 0.840 bits per heavy atom. The lowest BCUT2D eigenvalue weighted by molar-refractivity contribution is -0.140. The summed E-state index contributed by atoms with van der Waals surface area (Å²) in [6.45, 7) is 6.13. The Kier molecular flexibility index (Phi) is 13.7. The molecule has 0 heterocycles. The number of halogens is 1. The lowest BCUT2D eigenvalue weighted by Gasteiger charge is -2.34. The van der Waals surface area contributed by atoms with Crippen LogP contribution in [0.2, 0.25) is 0 Å². The van der Waals surface area contributed by atoms with Gasteiger partial charge in [0.2, 0.25) is 11.8 Å². The molecular formula is C38H44BrN3O7S. The fourth-order valence-electron chi connectivity index (χ4n) is 5.32. The van der Waals surface area contributed by atoms with E-state index in [-0.39, 0.29) is 41.1 Å². The number of hydrogen-bond acceptors (Lipinski definition) is 7. The number of methoxy groups -OCH3 is 2. The van der Waals surface area contributed by atoms with E-state index in [4.69, 9.17) is 14.2 Å². The summed E-state index contributed by atoms with van der Waals surface area (Å²) in [5, 5.41) is 3.00. The van der Waals surface area contributed by atoms with Crippen LogP contribution in [0.1, 0.15) is 31.9 Å². The Labute approximate surface area is 303 Å². The molecule has 4 rings (SSSR count). The quantitative estimate of drug-likeness (QED) is 0.131. The van der Waals surface area contributed by atoms with Crippen molar-refractivity contribution in [2.24, 2.45) is 5.92 Å². The van der Waals surface area contributed by atoms with Gasteiger partial charge in [0, 0.05) is 30.0 Å². The highest BCUT2D eigenvalue weighted by molar-refractivity contribution is 9.10. The molecule has 12 heteroatoms. The molecule has 0 bridgehead atoms. The smallest absolute Gasteiger partial charge is 0.264 e. The summed E-state index contributed by atoms with van der Waals surface area (Å²) in [4.78, 5) is 30.1. The van der Waals surface area contributed by atoms with Gasteiger partial charge in [-0.25, -0.2) is 8.42 Å². The molecule has 4 aromatic carbocycles. The van der Waals surface area contributed by atoms with Crippen LogP contribution in [0.5, 0.6) is 17.2 Å². The van der Waals surface area contributed by atoms with E-state index in [9.17, 15) is 18.0 Å². The molecular weight excluding hydrogens is 722 g/mol. The first kappa shape index (κ1) is 38.3. The molecule has 10 nitrogen and oxygen atoms in total. The average molecular weight is 767 g/mol. The van der Waals surface area contributed by atoms with Crippen molar-refractivity contribution in [2.75, 3.05) is 38.2 Å². The van der Waals surface area contributed by atoms with Crippen molar-refractivity contribution < 1.29 is 32.2 Å². The van der Waals surface area contributed by atoms with Gasteiger partial charge in [-0.2, -0.15) is 0 Å². The van der Waals surface area contributed by atoms with Gasteiger partial charge >= 0.3 is 0 Å². The Morgan fingerprint density at radius 3 is 2.14 bits per heavy atom. The first-order valence-electron chi connectivity index (χ1n) is 16.3. The Morgan fingerprint density at radius 2 is 1.52 bits per heavy atom. The number of carbonyl (C=O) groups is 2. The van der Waals surface area contributed by atoms with Gasteiger partial charge in [-0.1, -0.05) is 72.2 Å². The number of nitrogens with zero attached hydrogens (tertiary/aromatic N) is 2. The normalized spacial score (nSPS) is 11.8. The first-order chi connectivity index (χ1) is 24.0. The van der Waals surface area contributed by atoms with Crippen LogP contribution in [0.15, 0.2) is 106 Å². The molecule has 0 saturated heterocycles. The summed E-state index contributed by atoms with van der Waals surface area (Å²) in [5.74, 6) is 0.392. The fourth-order valence-corrected chi connectivity index (χ4v) is 7.19. The van der Waals surface area contributed by atoms with Crippen LogP contribution in [0, 0.1) is 5.92 Å². The van der Waals surface area contributed by atoms with E-state index in [1.807, 2.05) is 75.4 Å². The van der Waals surface area contributed by atoms with Crippen molar-refractivity contribution in [3.63, 3.8) is 0 Å². The second-order valence-corrected chi connectivity index (χ2v) is 14.7. The molecule has 0 fully saturated rings. The minimum atomic E-state index is -4.37. The predicted molar refractivity (Wildman–Crippen MR) is 198 cm³/mol. The second kappa shape index (κ2) is 17.9. The molecule has 2 amide bonds. The van der Waals surface area contributed by atoms with Crippen LogP contribution in [-0.4, -0.2) is 65.1 Å². The van der Waals surface area contributed by atoms with E-state index in [2.05, 4.69) is 21.2 Å². The number of rotatable bonds is 17. The van der Waals surface area contributed by atoms with E-state index in [0.29, 0.717) is 24.7 Å². The summed E-state index contributed by atoms with van der Waals surface area (Å²) in [6.07, 6.45) is 0.218. The number of hydrogen-bond donors (Lipinski definition) is 1. The third-order valence-electron chi connectivity index (χ3n) is 7.86. The third kappa shape index (κ3) is 10.0. The number of amides is 2. The summed E-state index contributed by atoms with van der Waals surface area (Å²) in [7, 11) is -1.50. The number of carbonyl (C=O) groups excluding carboxylic acids is 2. The Bertz CT molecular complexity index is 1840. The molecule has 0 radical (unpaired) electrons. The Hall–Kier alpha value is -4.55. The van der Waals surface area contributed by atoms with Gasteiger partial charge in [0.25, 0.3) is 10.0 Å². The maximum atomic E-state index is 14.7. The van der Waals surface area contributed by atoms with Gasteiger partial charge in [-0.3, -0.25) is 13.9 Å². The van der Waals surface area contributed by atoms with E-state index in [0.717, 1.165) is 19.9 Å². The van der Waals surface area contributed by atoms with Crippen molar-refractivity contribution in [3.05, 3.63) is 113 Å². The summed E-state index contributed by atoms with van der Waals surface area (Å²) in [6, 6.07) is 26.7. The van der Waals surface area contributed by atoms with Crippen molar-refractivity contribution in [2.45, 2.75) is 44.7 Å². The maximum Gasteiger partial charge on any atom is 0.264 e. The van der Waals surface area contributed by atoms with Crippen LogP contribution < -0.4 is 23.8 Å². The van der Waals surface area contributed by atoms with Crippen LogP contribution in [0.4, 0.5) is 5.69 Å². The Balaban J connectivity index is 1.83. The largest absolute Gasteiger partial charge is 0.494 e. The van der Waals surface area contributed by atoms with Gasteiger partial charge in [-0.15, -0.1) is 0 Å². The number of nitrogens with one attached hydrogen (secondary N) is 1. The lowest BCUT2D eigenvalue weighted by atomic mass is 10.0. The minimum Gasteiger partial charge on any atom is -0.494 e. The fraction of sp³-hybridized carbons (Fsp3) is 0.316. The van der Waals surface area contributed by atoms with Crippen LogP contribution >= 0.6 is 15.9 Å². The van der Waals surface area contributed by atoms with E-state index < -0.39 is 28.5 Å². The summed E-state index contributed by atoms with van der Waals surface area (Å²) < 4.78 is 47.1. The molecule has 0 aromatic heterocycles. The molecule has 0 aliphatic heterocycles. The molecule has 1 N–H and O–H groups in total. The highest BCUT2D eigenvalue weighted by atomic mass is 79.9. The number of ether oxygens (including phenoxy) is 3. The highest BCUT2D eigenvalue weighted by Gasteiger charge is 2.35. The molecule has 4 aromatic rings. The molecule has 50 heavy (non-hydrogen) atoms. The van der Waals surface area contributed by atoms with Crippen molar-refractivity contribution in [3.8, 4) is 17.2 Å². The summed E-state index contributed by atoms with van der Waals surface area (Å²) >= 11 is 3.51. The standard InChI is InChI=1S/C38H44BrN3O7S/c1-6-49-32-17-15-31(16-18-32)42(50(45,46)33-19-20-35(47-4)36(23-33)48-5)26-37(43)41(25-29-13-10-14-30(39)21-29)34(38(44)40-24-27(2)3)22-28-11-8-7-9-12-28/h7-21,23,27,34H,6,22,24-26H2,1-5H3,(H,40,44)/t34-/m0/s1. The molecule has 0 unspecified atom stereocenters. The molecule has 0 aliphatic carbocycles. The van der Waals surface area contributed by atoms with Crippen LogP contribution in [0.3, 0.4) is 0 Å². The molecule has 0 saturated carbocycles. The number of sulfonamides is 1. The average Bonchev–Trinajstić information content (AvgIpc) is 3.11. The zero-order chi connectivity index (χ0) is 36.3. The highest BCUT2D eigenvalue weighted by Crippen LogP contribution is 2.33. The molecule has 0 spiro atoms.